The lowest BCUT2D eigenvalue weighted by molar-refractivity contribution is 0.0690. The molecule has 2 aromatic rings. The Morgan fingerprint density at radius 3 is 2.53 bits per heavy atom. The SMILES string of the molecule is Cc1ccc(C)c(-n2nc(C(=O)O)cc2C(C)C)c1. The summed E-state index contributed by atoms with van der Waals surface area (Å²) in [5.74, 6) is -0.786. The minimum Gasteiger partial charge on any atom is -0.476 e. The first-order chi connectivity index (χ1) is 8.90. The molecule has 0 aliphatic heterocycles. The van der Waals surface area contributed by atoms with E-state index in [0.717, 1.165) is 22.5 Å². The first-order valence-electron chi connectivity index (χ1n) is 6.31. The van der Waals surface area contributed by atoms with Gasteiger partial charge < -0.3 is 5.11 Å². The van der Waals surface area contributed by atoms with Crippen LogP contribution in [-0.4, -0.2) is 20.9 Å². The fraction of sp³-hybridized carbons (Fsp3) is 0.333. The summed E-state index contributed by atoms with van der Waals surface area (Å²) in [4.78, 5) is 11.1. The highest BCUT2D eigenvalue weighted by Gasteiger charge is 2.17. The van der Waals surface area contributed by atoms with E-state index in [-0.39, 0.29) is 11.6 Å². The van der Waals surface area contributed by atoms with Gasteiger partial charge in [0.05, 0.1) is 5.69 Å². The smallest absolute Gasteiger partial charge is 0.356 e. The molecular weight excluding hydrogens is 240 g/mol. The van der Waals surface area contributed by atoms with E-state index >= 15 is 0 Å². The second-order valence-corrected chi connectivity index (χ2v) is 5.12. The maximum Gasteiger partial charge on any atom is 0.356 e. The average Bonchev–Trinajstić information content (AvgIpc) is 2.77. The van der Waals surface area contributed by atoms with Gasteiger partial charge in [-0.05, 0) is 43.0 Å². The third kappa shape index (κ3) is 2.52. The average molecular weight is 258 g/mol. The molecule has 0 amide bonds. The van der Waals surface area contributed by atoms with Crippen LogP contribution in [0, 0.1) is 13.8 Å². The van der Waals surface area contributed by atoms with Gasteiger partial charge in [0.2, 0.25) is 0 Å². The number of hydrogen-bond donors (Lipinski definition) is 1. The quantitative estimate of drug-likeness (QED) is 0.918. The minimum absolute atomic E-state index is 0.0876. The molecular formula is C15H18N2O2. The van der Waals surface area contributed by atoms with Gasteiger partial charge in [0, 0.05) is 5.69 Å². The molecule has 0 radical (unpaired) electrons. The van der Waals surface area contributed by atoms with E-state index in [1.54, 1.807) is 10.7 Å². The van der Waals surface area contributed by atoms with Gasteiger partial charge >= 0.3 is 5.97 Å². The molecule has 1 heterocycles. The van der Waals surface area contributed by atoms with Crippen molar-refractivity contribution < 1.29 is 9.90 Å². The molecule has 1 aromatic carbocycles. The van der Waals surface area contributed by atoms with Crippen molar-refractivity contribution in [2.45, 2.75) is 33.6 Å². The molecule has 0 fully saturated rings. The standard InChI is InChI=1S/C15H18N2O2/c1-9(2)13-8-12(15(18)19)16-17(13)14-7-10(3)5-6-11(14)4/h5-9H,1-4H3,(H,18,19). The van der Waals surface area contributed by atoms with E-state index in [2.05, 4.69) is 5.10 Å². The highest BCUT2D eigenvalue weighted by molar-refractivity contribution is 5.85. The van der Waals surface area contributed by atoms with Gasteiger partial charge in [-0.2, -0.15) is 5.10 Å². The van der Waals surface area contributed by atoms with Crippen LogP contribution < -0.4 is 0 Å². The van der Waals surface area contributed by atoms with Gasteiger partial charge in [0.15, 0.2) is 5.69 Å². The van der Waals surface area contributed by atoms with Crippen molar-refractivity contribution in [1.82, 2.24) is 9.78 Å². The second kappa shape index (κ2) is 4.88. The fourth-order valence-electron chi connectivity index (χ4n) is 2.05. The largest absolute Gasteiger partial charge is 0.476 e. The van der Waals surface area contributed by atoms with Gasteiger partial charge in [0.1, 0.15) is 0 Å². The zero-order valence-electron chi connectivity index (χ0n) is 11.6. The summed E-state index contributed by atoms with van der Waals surface area (Å²) in [6, 6.07) is 7.74. The number of nitrogens with zero attached hydrogens (tertiary/aromatic N) is 2. The van der Waals surface area contributed by atoms with E-state index in [4.69, 9.17) is 5.11 Å². The van der Waals surface area contributed by atoms with Crippen LogP contribution in [-0.2, 0) is 0 Å². The zero-order valence-corrected chi connectivity index (χ0v) is 11.6. The molecule has 0 aliphatic carbocycles. The number of benzene rings is 1. The summed E-state index contributed by atoms with van der Waals surface area (Å²) >= 11 is 0. The van der Waals surface area contributed by atoms with Gasteiger partial charge in [-0.25, -0.2) is 9.48 Å². The van der Waals surface area contributed by atoms with Gasteiger partial charge in [-0.1, -0.05) is 26.0 Å². The molecule has 1 N–H and O–H groups in total. The summed E-state index contributed by atoms with van der Waals surface area (Å²) in [6.45, 7) is 8.08. The molecule has 0 spiro atoms. The summed E-state index contributed by atoms with van der Waals surface area (Å²) in [5, 5.41) is 13.3. The van der Waals surface area contributed by atoms with Crippen molar-refractivity contribution in [3.05, 3.63) is 46.8 Å². The van der Waals surface area contributed by atoms with E-state index in [0.29, 0.717) is 0 Å². The Morgan fingerprint density at radius 1 is 1.26 bits per heavy atom. The van der Waals surface area contributed by atoms with E-state index < -0.39 is 5.97 Å². The molecule has 1 aromatic heterocycles. The monoisotopic (exact) mass is 258 g/mol. The lowest BCUT2D eigenvalue weighted by atomic mass is 10.1. The fourth-order valence-corrected chi connectivity index (χ4v) is 2.05. The Bertz CT molecular complexity index is 627. The van der Waals surface area contributed by atoms with Crippen LogP contribution in [0.4, 0.5) is 0 Å². The Labute approximate surface area is 112 Å². The number of carboxylic acids is 1. The molecule has 4 nitrogen and oxygen atoms in total. The number of rotatable bonds is 3. The number of aromatic carboxylic acids is 1. The van der Waals surface area contributed by atoms with Crippen molar-refractivity contribution in [3.8, 4) is 5.69 Å². The predicted octanol–water partition coefficient (Wildman–Crippen LogP) is 3.31. The molecule has 2 rings (SSSR count). The first-order valence-corrected chi connectivity index (χ1v) is 6.31. The summed E-state index contributed by atoms with van der Waals surface area (Å²) < 4.78 is 1.75. The second-order valence-electron chi connectivity index (χ2n) is 5.12. The lowest BCUT2D eigenvalue weighted by Gasteiger charge is -2.13. The molecule has 0 aliphatic rings. The third-order valence-electron chi connectivity index (χ3n) is 3.14. The maximum atomic E-state index is 11.1. The minimum atomic E-state index is -0.994. The van der Waals surface area contributed by atoms with Crippen molar-refractivity contribution >= 4 is 5.97 Å². The van der Waals surface area contributed by atoms with Gasteiger partial charge in [-0.3, -0.25) is 0 Å². The molecule has 0 bridgehead atoms. The first kappa shape index (κ1) is 13.3. The van der Waals surface area contributed by atoms with Gasteiger partial charge in [-0.15, -0.1) is 0 Å². The van der Waals surface area contributed by atoms with Crippen LogP contribution in [0.25, 0.3) is 5.69 Å². The predicted molar refractivity (Wildman–Crippen MR) is 74.1 cm³/mol. The molecule has 100 valence electrons. The molecule has 4 heteroatoms. The van der Waals surface area contributed by atoms with Gasteiger partial charge in [0.25, 0.3) is 0 Å². The number of aromatic nitrogens is 2. The van der Waals surface area contributed by atoms with E-state index in [9.17, 15) is 4.79 Å². The highest BCUT2D eigenvalue weighted by atomic mass is 16.4. The van der Waals surface area contributed by atoms with Crippen molar-refractivity contribution in [1.29, 1.82) is 0 Å². The van der Waals surface area contributed by atoms with E-state index in [1.807, 2.05) is 45.9 Å². The third-order valence-corrected chi connectivity index (χ3v) is 3.14. The number of carbonyl (C=O) groups is 1. The van der Waals surface area contributed by atoms with Crippen LogP contribution in [0.3, 0.4) is 0 Å². The van der Waals surface area contributed by atoms with Crippen LogP contribution in [0.1, 0.15) is 47.1 Å². The Morgan fingerprint density at radius 2 is 1.95 bits per heavy atom. The van der Waals surface area contributed by atoms with Crippen LogP contribution in [0.5, 0.6) is 0 Å². The normalized spacial score (nSPS) is 11.0. The topological polar surface area (TPSA) is 55.1 Å². The Hall–Kier alpha value is -2.10. The zero-order chi connectivity index (χ0) is 14.2. The Balaban J connectivity index is 2.66. The van der Waals surface area contributed by atoms with Crippen molar-refractivity contribution in [3.63, 3.8) is 0 Å². The molecule has 19 heavy (non-hydrogen) atoms. The number of carboxylic acid groups (broad SMARTS) is 1. The van der Waals surface area contributed by atoms with Crippen molar-refractivity contribution in [2.75, 3.05) is 0 Å². The number of aryl methyl sites for hydroxylation is 2. The number of hydrogen-bond acceptors (Lipinski definition) is 2. The van der Waals surface area contributed by atoms with Crippen LogP contribution in [0.2, 0.25) is 0 Å². The molecule has 0 saturated heterocycles. The van der Waals surface area contributed by atoms with E-state index in [1.165, 1.54) is 0 Å². The van der Waals surface area contributed by atoms with Crippen molar-refractivity contribution in [2.24, 2.45) is 0 Å². The lowest BCUT2D eigenvalue weighted by Crippen LogP contribution is -2.06. The maximum absolute atomic E-state index is 11.1. The highest BCUT2D eigenvalue weighted by Crippen LogP contribution is 2.23. The molecule has 0 unspecified atom stereocenters. The summed E-state index contributed by atoms with van der Waals surface area (Å²) in [5.41, 5.74) is 4.14. The summed E-state index contributed by atoms with van der Waals surface area (Å²) in [7, 11) is 0. The van der Waals surface area contributed by atoms with Crippen LogP contribution >= 0.6 is 0 Å². The molecule has 0 atom stereocenters. The Kier molecular flexibility index (Phi) is 3.42. The summed E-state index contributed by atoms with van der Waals surface area (Å²) in [6.07, 6.45) is 0. The molecule has 0 saturated carbocycles. The van der Waals surface area contributed by atoms with Crippen LogP contribution in [0.15, 0.2) is 24.3 Å².